The SMILES string of the molecule is CCOc1ccccc1N(Cc1ccc(C(=O)NC(C)c2cc(C)c(C)cc2C)cc1)S(C)(=O)=O. The van der Waals surface area contributed by atoms with E-state index in [4.69, 9.17) is 4.74 Å². The van der Waals surface area contributed by atoms with Gasteiger partial charge in [0, 0.05) is 5.56 Å². The largest absolute Gasteiger partial charge is 0.492 e. The van der Waals surface area contributed by atoms with Crippen molar-refractivity contribution >= 4 is 21.6 Å². The van der Waals surface area contributed by atoms with Crippen molar-refractivity contribution in [3.05, 3.63) is 94.0 Å². The van der Waals surface area contributed by atoms with Gasteiger partial charge in [0.05, 0.1) is 31.1 Å². The maximum atomic E-state index is 12.9. The Labute approximate surface area is 209 Å². The van der Waals surface area contributed by atoms with Gasteiger partial charge in [-0.15, -0.1) is 0 Å². The Bertz CT molecular complexity index is 1300. The van der Waals surface area contributed by atoms with Crippen LogP contribution in [-0.4, -0.2) is 27.2 Å². The third-order valence-electron chi connectivity index (χ3n) is 6.07. The third kappa shape index (κ3) is 6.42. The highest BCUT2D eigenvalue weighted by atomic mass is 32.2. The lowest BCUT2D eigenvalue weighted by Crippen LogP contribution is -2.30. The molecule has 6 nitrogen and oxygen atoms in total. The molecule has 1 N–H and O–H groups in total. The number of anilines is 1. The van der Waals surface area contributed by atoms with Gasteiger partial charge in [0.2, 0.25) is 10.0 Å². The number of rotatable bonds is 9. The maximum absolute atomic E-state index is 12.9. The Balaban J connectivity index is 1.78. The molecule has 0 bridgehead atoms. The van der Waals surface area contributed by atoms with Crippen molar-refractivity contribution in [3.8, 4) is 5.75 Å². The number of nitrogens with one attached hydrogen (secondary N) is 1. The number of aryl methyl sites for hydroxylation is 3. The summed E-state index contributed by atoms with van der Waals surface area (Å²) in [4.78, 5) is 12.9. The molecule has 1 amide bonds. The molecule has 1 atom stereocenters. The monoisotopic (exact) mass is 494 g/mol. The number of para-hydroxylation sites is 2. The van der Waals surface area contributed by atoms with Gasteiger partial charge >= 0.3 is 0 Å². The zero-order valence-electron chi connectivity index (χ0n) is 21.3. The lowest BCUT2D eigenvalue weighted by atomic mass is 9.96. The molecule has 0 heterocycles. The van der Waals surface area contributed by atoms with E-state index in [1.807, 2.05) is 19.9 Å². The molecular formula is C28H34N2O4S. The summed E-state index contributed by atoms with van der Waals surface area (Å²) < 4.78 is 32.2. The first-order valence-corrected chi connectivity index (χ1v) is 13.5. The fraction of sp³-hybridized carbons (Fsp3) is 0.321. The molecule has 0 aliphatic carbocycles. The Morgan fingerprint density at radius 2 is 1.60 bits per heavy atom. The summed E-state index contributed by atoms with van der Waals surface area (Å²) in [5, 5.41) is 3.07. The first kappa shape index (κ1) is 26.3. The third-order valence-corrected chi connectivity index (χ3v) is 7.20. The molecule has 0 saturated carbocycles. The minimum atomic E-state index is -3.57. The van der Waals surface area contributed by atoms with Crippen LogP contribution in [0.15, 0.2) is 60.7 Å². The minimum absolute atomic E-state index is 0.128. The number of benzene rings is 3. The van der Waals surface area contributed by atoms with E-state index < -0.39 is 10.0 Å². The Hall–Kier alpha value is -3.32. The number of sulfonamides is 1. The zero-order valence-corrected chi connectivity index (χ0v) is 22.1. The second kappa shape index (κ2) is 11.0. The number of hydrogen-bond acceptors (Lipinski definition) is 4. The zero-order chi connectivity index (χ0) is 25.8. The molecule has 186 valence electrons. The molecule has 0 fully saturated rings. The van der Waals surface area contributed by atoms with Crippen molar-refractivity contribution in [2.45, 2.75) is 47.2 Å². The first-order valence-electron chi connectivity index (χ1n) is 11.7. The predicted molar refractivity (Wildman–Crippen MR) is 142 cm³/mol. The Morgan fingerprint density at radius 1 is 0.971 bits per heavy atom. The standard InChI is InChI=1S/C28H34N2O4S/c1-7-34-27-11-9-8-10-26(27)30(35(6,32)33)18-23-12-14-24(15-13-23)28(31)29-22(5)25-17-20(3)19(2)16-21(25)4/h8-17,22H,7,18H2,1-6H3,(H,29,31). The molecule has 3 aromatic rings. The highest BCUT2D eigenvalue weighted by Gasteiger charge is 2.22. The summed E-state index contributed by atoms with van der Waals surface area (Å²) in [6.45, 7) is 10.6. The van der Waals surface area contributed by atoms with Gasteiger partial charge in [0.25, 0.3) is 5.91 Å². The van der Waals surface area contributed by atoms with Gasteiger partial charge in [-0.2, -0.15) is 0 Å². The van der Waals surface area contributed by atoms with Crippen LogP contribution in [0.1, 0.15) is 58.1 Å². The number of nitrogens with zero attached hydrogens (tertiary/aromatic N) is 1. The lowest BCUT2D eigenvalue weighted by molar-refractivity contribution is 0.0939. The molecular weight excluding hydrogens is 460 g/mol. The van der Waals surface area contributed by atoms with Crippen LogP contribution < -0.4 is 14.4 Å². The van der Waals surface area contributed by atoms with Crippen molar-refractivity contribution < 1.29 is 17.9 Å². The van der Waals surface area contributed by atoms with Crippen LogP contribution >= 0.6 is 0 Å². The topological polar surface area (TPSA) is 75.7 Å². The molecule has 3 aromatic carbocycles. The molecule has 1 unspecified atom stereocenters. The van der Waals surface area contributed by atoms with Crippen molar-refractivity contribution in [1.82, 2.24) is 5.32 Å². The maximum Gasteiger partial charge on any atom is 0.251 e. The quantitative estimate of drug-likeness (QED) is 0.428. The number of carbonyl (C=O) groups is 1. The van der Waals surface area contributed by atoms with Crippen LogP contribution in [0.4, 0.5) is 5.69 Å². The minimum Gasteiger partial charge on any atom is -0.492 e. The van der Waals surface area contributed by atoms with Crippen LogP contribution in [0, 0.1) is 20.8 Å². The smallest absolute Gasteiger partial charge is 0.251 e. The van der Waals surface area contributed by atoms with E-state index in [2.05, 4.69) is 38.2 Å². The molecule has 3 rings (SSSR count). The van der Waals surface area contributed by atoms with E-state index in [-0.39, 0.29) is 18.5 Å². The summed E-state index contributed by atoms with van der Waals surface area (Å²) in [5.74, 6) is 0.329. The predicted octanol–water partition coefficient (Wildman–Crippen LogP) is 5.47. The number of carbonyl (C=O) groups excluding carboxylic acids is 1. The summed E-state index contributed by atoms with van der Waals surface area (Å²) >= 11 is 0. The Kier molecular flexibility index (Phi) is 8.22. The van der Waals surface area contributed by atoms with Gasteiger partial charge in [0.1, 0.15) is 5.75 Å². The van der Waals surface area contributed by atoms with Gasteiger partial charge in [-0.3, -0.25) is 9.10 Å². The molecule has 0 aromatic heterocycles. The molecule has 0 aliphatic rings. The second-order valence-electron chi connectivity index (χ2n) is 8.86. The lowest BCUT2D eigenvalue weighted by Gasteiger charge is -2.25. The fourth-order valence-corrected chi connectivity index (χ4v) is 4.95. The van der Waals surface area contributed by atoms with E-state index in [0.29, 0.717) is 23.6 Å². The highest BCUT2D eigenvalue weighted by Crippen LogP contribution is 2.31. The molecule has 0 saturated heterocycles. The molecule has 0 spiro atoms. The summed E-state index contributed by atoms with van der Waals surface area (Å²) in [6.07, 6.45) is 1.17. The summed E-state index contributed by atoms with van der Waals surface area (Å²) in [7, 11) is -3.57. The Morgan fingerprint density at radius 3 is 2.23 bits per heavy atom. The van der Waals surface area contributed by atoms with Crippen LogP contribution in [0.5, 0.6) is 5.75 Å². The number of amides is 1. The van der Waals surface area contributed by atoms with Crippen LogP contribution in [0.2, 0.25) is 0 Å². The van der Waals surface area contributed by atoms with Gasteiger partial charge in [-0.1, -0.05) is 36.4 Å². The van der Waals surface area contributed by atoms with E-state index in [0.717, 1.165) is 16.7 Å². The molecule has 7 heteroatoms. The molecule has 0 radical (unpaired) electrons. The van der Waals surface area contributed by atoms with Crippen molar-refractivity contribution in [1.29, 1.82) is 0 Å². The van der Waals surface area contributed by atoms with Crippen LogP contribution in [-0.2, 0) is 16.6 Å². The van der Waals surface area contributed by atoms with Gasteiger partial charge in [-0.25, -0.2) is 8.42 Å². The van der Waals surface area contributed by atoms with Crippen LogP contribution in [0.3, 0.4) is 0 Å². The van der Waals surface area contributed by atoms with E-state index in [1.165, 1.54) is 21.7 Å². The van der Waals surface area contributed by atoms with Crippen molar-refractivity contribution in [2.24, 2.45) is 0 Å². The molecule has 35 heavy (non-hydrogen) atoms. The number of hydrogen-bond donors (Lipinski definition) is 1. The number of ether oxygens (including phenoxy) is 1. The second-order valence-corrected chi connectivity index (χ2v) is 10.8. The average Bonchev–Trinajstić information content (AvgIpc) is 2.80. The van der Waals surface area contributed by atoms with E-state index in [9.17, 15) is 13.2 Å². The van der Waals surface area contributed by atoms with Gasteiger partial charge < -0.3 is 10.1 Å². The van der Waals surface area contributed by atoms with Crippen LogP contribution in [0.25, 0.3) is 0 Å². The molecule has 0 aliphatic heterocycles. The van der Waals surface area contributed by atoms with E-state index >= 15 is 0 Å². The normalized spacial score (nSPS) is 12.2. The summed E-state index contributed by atoms with van der Waals surface area (Å²) in [5.41, 5.74) is 6.42. The summed E-state index contributed by atoms with van der Waals surface area (Å²) in [6, 6.07) is 18.2. The van der Waals surface area contributed by atoms with Crippen molar-refractivity contribution in [2.75, 3.05) is 17.2 Å². The average molecular weight is 495 g/mol. The highest BCUT2D eigenvalue weighted by molar-refractivity contribution is 7.92. The first-order chi connectivity index (χ1) is 16.5. The van der Waals surface area contributed by atoms with Gasteiger partial charge in [0.15, 0.2) is 0 Å². The van der Waals surface area contributed by atoms with Crippen molar-refractivity contribution in [3.63, 3.8) is 0 Å². The van der Waals surface area contributed by atoms with Gasteiger partial charge in [-0.05, 0) is 86.7 Å². The van der Waals surface area contributed by atoms with E-state index in [1.54, 1.807) is 42.5 Å². The fourth-order valence-electron chi connectivity index (χ4n) is 4.06.